The maximum Gasteiger partial charge on any atom is 0.125 e. The van der Waals surface area contributed by atoms with Crippen molar-refractivity contribution in [1.82, 2.24) is 0 Å². The summed E-state index contributed by atoms with van der Waals surface area (Å²) in [6.45, 7) is 8.13. The van der Waals surface area contributed by atoms with Gasteiger partial charge in [-0.2, -0.15) is 0 Å². The van der Waals surface area contributed by atoms with Crippen molar-refractivity contribution < 1.29 is 9.47 Å². The van der Waals surface area contributed by atoms with Gasteiger partial charge in [0.2, 0.25) is 0 Å². The lowest BCUT2D eigenvalue weighted by Crippen LogP contribution is -2.02. The standard InChI is InChI=1S/C18H22BrNO2/c1-9-7-13(19)15(11(3)17(9)21-5)16-12(4)18(22-6)10(2)8-14(16)20/h7-8H,20H2,1-6H3. The van der Waals surface area contributed by atoms with Crippen molar-refractivity contribution in [2.24, 2.45) is 0 Å². The van der Waals surface area contributed by atoms with Gasteiger partial charge in [0.05, 0.1) is 14.2 Å². The molecule has 0 bridgehead atoms. The maximum atomic E-state index is 6.33. The molecular formula is C18H22BrNO2. The number of rotatable bonds is 3. The fourth-order valence-electron chi connectivity index (χ4n) is 3.18. The van der Waals surface area contributed by atoms with Gasteiger partial charge in [-0.25, -0.2) is 0 Å². The maximum absolute atomic E-state index is 6.33. The largest absolute Gasteiger partial charge is 0.496 e. The van der Waals surface area contributed by atoms with Crippen LogP contribution >= 0.6 is 15.9 Å². The van der Waals surface area contributed by atoms with Crippen LogP contribution in [0.15, 0.2) is 16.6 Å². The number of ether oxygens (including phenoxy) is 2. The van der Waals surface area contributed by atoms with Crippen LogP contribution in [-0.2, 0) is 0 Å². The molecule has 2 aromatic rings. The van der Waals surface area contributed by atoms with Crippen LogP contribution in [0, 0.1) is 27.7 Å². The molecule has 0 heterocycles. The SMILES string of the molecule is COc1c(C)cc(N)c(-c2c(Br)cc(C)c(OC)c2C)c1C. The van der Waals surface area contributed by atoms with Gasteiger partial charge >= 0.3 is 0 Å². The number of benzene rings is 2. The molecule has 0 amide bonds. The van der Waals surface area contributed by atoms with Gasteiger partial charge in [-0.3, -0.25) is 0 Å². The summed E-state index contributed by atoms with van der Waals surface area (Å²) in [5, 5.41) is 0. The molecule has 0 atom stereocenters. The highest BCUT2D eigenvalue weighted by Crippen LogP contribution is 2.45. The number of nitrogens with two attached hydrogens (primary N) is 1. The van der Waals surface area contributed by atoms with E-state index in [1.54, 1.807) is 14.2 Å². The highest BCUT2D eigenvalue weighted by Gasteiger charge is 2.20. The quantitative estimate of drug-likeness (QED) is 0.784. The van der Waals surface area contributed by atoms with Gasteiger partial charge in [0.1, 0.15) is 11.5 Å². The Kier molecular flexibility index (Phi) is 4.71. The van der Waals surface area contributed by atoms with E-state index in [9.17, 15) is 0 Å². The number of aryl methyl sites for hydroxylation is 2. The van der Waals surface area contributed by atoms with E-state index in [0.717, 1.165) is 55.0 Å². The second kappa shape index (κ2) is 6.21. The van der Waals surface area contributed by atoms with Crippen LogP contribution in [0.4, 0.5) is 5.69 Å². The zero-order valence-corrected chi connectivity index (χ0v) is 15.5. The molecule has 118 valence electrons. The first-order valence-corrected chi connectivity index (χ1v) is 7.90. The van der Waals surface area contributed by atoms with E-state index in [1.807, 2.05) is 26.8 Å². The zero-order valence-electron chi connectivity index (χ0n) is 13.9. The Bertz CT molecular complexity index is 675. The van der Waals surface area contributed by atoms with E-state index in [-0.39, 0.29) is 0 Å². The van der Waals surface area contributed by atoms with E-state index >= 15 is 0 Å². The van der Waals surface area contributed by atoms with E-state index < -0.39 is 0 Å². The van der Waals surface area contributed by atoms with Crippen molar-refractivity contribution >= 4 is 21.6 Å². The molecule has 2 rings (SSSR count). The lowest BCUT2D eigenvalue weighted by Gasteiger charge is -2.21. The Balaban J connectivity index is 2.89. The Morgan fingerprint density at radius 2 is 1.27 bits per heavy atom. The molecule has 0 spiro atoms. The molecule has 2 N–H and O–H groups in total. The topological polar surface area (TPSA) is 44.5 Å². The van der Waals surface area contributed by atoms with E-state index in [0.29, 0.717) is 0 Å². The Hall–Kier alpha value is -1.68. The Morgan fingerprint density at radius 1 is 0.818 bits per heavy atom. The predicted octanol–water partition coefficient (Wildman–Crippen LogP) is 4.95. The molecule has 2 aromatic carbocycles. The third-order valence-electron chi connectivity index (χ3n) is 4.05. The number of anilines is 1. The highest BCUT2D eigenvalue weighted by atomic mass is 79.9. The summed E-state index contributed by atoms with van der Waals surface area (Å²) in [5.74, 6) is 1.76. The Morgan fingerprint density at radius 3 is 1.77 bits per heavy atom. The van der Waals surface area contributed by atoms with Crippen LogP contribution in [0.5, 0.6) is 11.5 Å². The van der Waals surface area contributed by atoms with Gasteiger partial charge < -0.3 is 15.2 Å². The van der Waals surface area contributed by atoms with Crippen LogP contribution in [-0.4, -0.2) is 14.2 Å². The minimum atomic E-state index is 0.741. The molecule has 22 heavy (non-hydrogen) atoms. The smallest absolute Gasteiger partial charge is 0.125 e. The highest BCUT2D eigenvalue weighted by molar-refractivity contribution is 9.10. The van der Waals surface area contributed by atoms with Gasteiger partial charge in [0, 0.05) is 32.4 Å². The third-order valence-corrected chi connectivity index (χ3v) is 4.67. The average molecular weight is 364 g/mol. The lowest BCUT2D eigenvalue weighted by molar-refractivity contribution is 0.408. The van der Waals surface area contributed by atoms with Crippen molar-refractivity contribution in [2.45, 2.75) is 27.7 Å². The second-order valence-electron chi connectivity index (χ2n) is 5.52. The number of halogens is 1. The molecule has 0 unspecified atom stereocenters. The van der Waals surface area contributed by atoms with E-state index in [1.165, 1.54) is 0 Å². The first-order valence-electron chi connectivity index (χ1n) is 7.11. The van der Waals surface area contributed by atoms with Gasteiger partial charge in [0.25, 0.3) is 0 Å². The molecule has 3 nitrogen and oxygen atoms in total. The van der Waals surface area contributed by atoms with Gasteiger partial charge in [-0.1, -0.05) is 15.9 Å². The first-order chi connectivity index (χ1) is 10.3. The van der Waals surface area contributed by atoms with Crippen molar-refractivity contribution in [3.05, 3.63) is 38.9 Å². The van der Waals surface area contributed by atoms with Crippen LogP contribution in [0.2, 0.25) is 0 Å². The molecule has 0 aromatic heterocycles. The summed E-state index contributed by atoms with van der Waals surface area (Å²) in [5.41, 5.74) is 13.3. The summed E-state index contributed by atoms with van der Waals surface area (Å²) in [4.78, 5) is 0. The van der Waals surface area contributed by atoms with Crippen molar-refractivity contribution in [2.75, 3.05) is 20.0 Å². The fourth-order valence-corrected chi connectivity index (χ4v) is 4.02. The predicted molar refractivity (Wildman–Crippen MR) is 96.0 cm³/mol. The number of hydrogen-bond acceptors (Lipinski definition) is 3. The summed E-state index contributed by atoms with van der Waals surface area (Å²) in [6.07, 6.45) is 0. The van der Waals surface area contributed by atoms with Crippen LogP contribution in [0.25, 0.3) is 11.1 Å². The van der Waals surface area contributed by atoms with Gasteiger partial charge in [0.15, 0.2) is 0 Å². The lowest BCUT2D eigenvalue weighted by atomic mass is 9.91. The van der Waals surface area contributed by atoms with E-state index in [2.05, 4.69) is 28.9 Å². The van der Waals surface area contributed by atoms with Gasteiger partial charge in [-0.15, -0.1) is 0 Å². The molecule has 0 aliphatic carbocycles. The van der Waals surface area contributed by atoms with Crippen molar-refractivity contribution in [3.63, 3.8) is 0 Å². The molecule has 4 heteroatoms. The van der Waals surface area contributed by atoms with Crippen molar-refractivity contribution in [3.8, 4) is 22.6 Å². The molecule has 0 fully saturated rings. The molecule has 0 saturated heterocycles. The normalized spacial score (nSPS) is 10.7. The summed E-state index contributed by atoms with van der Waals surface area (Å²) < 4.78 is 12.1. The van der Waals surface area contributed by atoms with E-state index in [4.69, 9.17) is 15.2 Å². The molecular weight excluding hydrogens is 342 g/mol. The van der Waals surface area contributed by atoms with Gasteiger partial charge in [-0.05, 0) is 51.0 Å². The molecule has 0 saturated carbocycles. The third kappa shape index (κ3) is 2.56. The monoisotopic (exact) mass is 363 g/mol. The summed E-state index contributed by atoms with van der Waals surface area (Å²) in [7, 11) is 3.38. The van der Waals surface area contributed by atoms with Crippen LogP contribution in [0.3, 0.4) is 0 Å². The number of hydrogen-bond donors (Lipinski definition) is 1. The number of methoxy groups -OCH3 is 2. The second-order valence-corrected chi connectivity index (χ2v) is 6.38. The number of nitrogen functional groups attached to an aromatic ring is 1. The zero-order chi connectivity index (χ0) is 16.6. The van der Waals surface area contributed by atoms with Crippen LogP contribution in [0.1, 0.15) is 22.3 Å². The first kappa shape index (κ1) is 16.7. The summed E-state index contributed by atoms with van der Waals surface area (Å²) in [6, 6.07) is 4.02. The molecule has 0 radical (unpaired) electrons. The fraction of sp³-hybridized carbons (Fsp3) is 0.333. The Labute approximate surface area is 140 Å². The minimum absolute atomic E-state index is 0.741. The average Bonchev–Trinajstić information content (AvgIpc) is 2.42. The molecule has 0 aliphatic rings. The summed E-state index contributed by atoms with van der Waals surface area (Å²) >= 11 is 3.68. The van der Waals surface area contributed by atoms with Crippen molar-refractivity contribution in [1.29, 1.82) is 0 Å². The van der Waals surface area contributed by atoms with Crippen LogP contribution < -0.4 is 15.2 Å². The molecule has 0 aliphatic heterocycles. The minimum Gasteiger partial charge on any atom is -0.496 e.